The van der Waals surface area contributed by atoms with E-state index < -0.39 is 5.82 Å². The summed E-state index contributed by atoms with van der Waals surface area (Å²) in [4.78, 5) is 19.2. The molecule has 0 unspecified atom stereocenters. The molecule has 9 heteroatoms. The molecule has 8 nitrogen and oxygen atoms in total. The Morgan fingerprint density at radius 3 is 2.78 bits per heavy atom. The molecule has 146 valence electrons. The molecule has 0 spiro atoms. The first-order valence-electron chi connectivity index (χ1n) is 9.25. The van der Waals surface area contributed by atoms with Crippen LogP contribution in [0.25, 0.3) is 0 Å². The average Bonchev–Trinajstić information content (AvgIpc) is 3.10. The summed E-state index contributed by atoms with van der Waals surface area (Å²) in [5.74, 6) is -0.0571. The number of halogens is 1. The number of hydrogen-bond donors (Lipinski definition) is 2. The molecule has 0 bridgehead atoms. The zero-order valence-corrected chi connectivity index (χ0v) is 15.6. The van der Waals surface area contributed by atoms with Gasteiger partial charge in [0.15, 0.2) is 0 Å². The van der Waals surface area contributed by atoms with Crippen molar-refractivity contribution in [1.82, 2.24) is 25.1 Å². The van der Waals surface area contributed by atoms with Gasteiger partial charge in [0.2, 0.25) is 17.7 Å². The minimum atomic E-state index is -0.586. The normalized spacial score (nSPS) is 19.5. The maximum absolute atomic E-state index is 14.0. The molecule has 1 aliphatic carbocycles. The topological polar surface area (TPSA) is 94.0 Å². The largest absolute Gasteiger partial charge is 0.475 e. The van der Waals surface area contributed by atoms with E-state index in [1.165, 1.54) is 6.92 Å². The summed E-state index contributed by atoms with van der Waals surface area (Å²) in [5.41, 5.74) is 0.728. The summed E-state index contributed by atoms with van der Waals surface area (Å²) >= 11 is 0. The number of ether oxygens (including phenoxy) is 1. The molecular formula is C18H25FN6O2. The fourth-order valence-electron chi connectivity index (χ4n) is 3.20. The maximum Gasteiger partial charge on any atom is 0.255 e. The predicted molar refractivity (Wildman–Crippen MR) is 98.2 cm³/mol. The summed E-state index contributed by atoms with van der Waals surface area (Å²) in [6, 6.07) is 0.231. The van der Waals surface area contributed by atoms with Crippen molar-refractivity contribution in [2.24, 2.45) is 5.92 Å². The lowest BCUT2D eigenvalue weighted by molar-refractivity contribution is -0.119. The van der Waals surface area contributed by atoms with E-state index in [9.17, 15) is 9.18 Å². The third-order valence-corrected chi connectivity index (χ3v) is 4.64. The Balaban J connectivity index is 1.53. The van der Waals surface area contributed by atoms with Crippen LogP contribution in [0.3, 0.4) is 0 Å². The van der Waals surface area contributed by atoms with Gasteiger partial charge in [-0.1, -0.05) is 0 Å². The Morgan fingerprint density at radius 2 is 2.11 bits per heavy atom. The van der Waals surface area contributed by atoms with E-state index in [0.717, 1.165) is 44.1 Å². The summed E-state index contributed by atoms with van der Waals surface area (Å²) in [6.45, 7) is 4.67. The molecule has 0 radical (unpaired) electrons. The van der Waals surface area contributed by atoms with Gasteiger partial charge in [-0.3, -0.25) is 9.48 Å². The molecule has 27 heavy (non-hydrogen) atoms. The number of nitrogens with one attached hydrogen (secondary N) is 2. The number of aromatic nitrogens is 4. The van der Waals surface area contributed by atoms with Crippen LogP contribution in [-0.2, 0) is 11.3 Å². The maximum atomic E-state index is 14.0. The van der Waals surface area contributed by atoms with E-state index in [1.807, 2.05) is 13.1 Å². The number of nitrogens with zero attached hydrogens (tertiary/aromatic N) is 4. The molecule has 3 rings (SSSR count). The average molecular weight is 376 g/mol. The Morgan fingerprint density at radius 1 is 1.33 bits per heavy atom. The van der Waals surface area contributed by atoms with E-state index in [4.69, 9.17) is 4.74 Å². The van der Waals surface area contributed by atoms with E-state index in [2.05, 4.69) is 25.7 Å². The second-order valence-corrected chi connectivity index (χ2v) is 6.79. The van der Waals surface area contributed by atoms with Gasteiger partial charge in [0.1, 0.15) is 0 Å². The van der Waals surface area contributed by atoms with Crippen molar-refractivity contribution in [2.75, 3.05) is 11.9 Å². The summed E-state index contributed by atoms with van der Waals surface area (Å²) in [7, 11) is 0. The molecule has 1 saturated carbocycles. The quantitative estimate of drug-likeness (QED) is 0.772. The highest BCUT2D eigenvalue weighted by Gasteiger charge is 2.22. The first-order valence-corrected chi connectivity index (χ1v) is 9.25. The number of amides is 1. The van der Waals surface area contributed by atoms with Crippen molar-refractivity contribution in [3.63, 3.8) is 0 Å². The van der Waals surface area contributed by atoms with Gasteiger partial charge in [0, 0.05) is 25.7 Å². The third-order valence-electron chi connectivity index (χ3n) is 4.64. The van der Waals surface area contributed by atoms with Crippen LogP contribution in [0, 0.1) is 11.7 Å². The van der Waals surface area contributed by atoms with Crippen molar-refractivity contribution in [3.8, 4) is 5.88 Å². The van der Waals surface area contributed by atoms with Crippen LogP contribution in [0.5, 0.6) is 5.88 Å². The molecular weight excluding hydrogens is 351 g/mol. The molecule has 0 saturated heterocycles. The van der Waals surface area contributed by atoms with Gasteiger partial charge in [-0.05, 0) is 38.5 Å². The standard InChI is InChI=1S/C18H25FN6O2/c1-3-25-10-15(8-21-25)23-18-20-9-16(19)17(24-18)27-11-13-4-6-14(7-5-13)22-12(2)26/h8-10,13-14H,3-7,11H2,1-2H3,(H,22,26)(H,20,23,24)/t13-,14-. The van der Waals surface area contributed by atoms with Gasteiger partial charge in [-0.15, -0.1) is 0 Å². The predicted octanol–water partition coefficient (Wildman–Crippen LogP) is 2.65. The Hall–Kier alpha value is -2.71. The van der Waals surface area contributed by atoms with Crippen LogP contribution in [0.4, 0.5) is 16.0 Å². The highest BCUT2D eigenvalue weighted by atomic mass is 19.1. The molecule has 2 heterocycles. The second-order valence-electron chi connectivity index (χ2n) is 6.79. The zero-order chi connectivity index (χ0) is 19.2. The number of carbonyl (C=O) groups excluding carboxylic acids is 1. The van der Waals surface area contributed by atoms with E-state index in [1.54, 1.807) is 10.9 Å². The van der Waals surface area contributed by atoms with Crippen molar-refractivity contribution in [2.45, 2.75) is 52.1 Å². The Kier molecular flexibility index (Phi) is 6.20. The molecule has 0 aliphatic heterocycles. The van der Waals surface area contributed by atoms with Crippen molar-refractivity contribution in [1.29, 1.82) is 0 Å². The Labute approximate surface area is 157 Å². The molecule has 1 amide bonds. The van der Waals surface area contributed by atoms with Crippen molar-refractivity contribution >= 4 is 17.5 Å². The minimum Gasteiger partial charge on any atom is -0.475 e. The number of aryl methyl sites for hydroxylation is 1. The van der Waals surface area contributed by atoms with Crippen molar-refractivity contribution in [3.05, 3.63) is 24.4 Å². The number of rotatable bonds is 7. The van der Waals surface area contributed by atoms with Gasteiger partial charge < -0.3 is 15.4 Å². The highest BCUT2D eigenvalue weighted by Crippen LogP contribution is 2.26. The number of hydrogen-bond acceptors (Lipinski definition) is 6. The van der Waals surface area contributed by atoms with Crippen LogP contribution >= 0.6 is 0 Å². The molecule has 1 aliphatic rings. The van der Waals surface area contributed by atoms with Crippen LogP contribution in [0.15, 0.2) is 18.6 Å². The number of anilines is 2. The first kappa shape index (κ1) is 19.1. The van der Waals surface area contributed by atoms with Crippen LogP contribution in [-0.4, -0.2) is 38.3 Å². The third kappa shape index (κ3) is 5.38. The van der Waals surface area contributed by atoms with Gasteiger partial charge in [0.05, 0.1) is 24.7 Å². The van der Waals surface area contributed by atoms with Crippen LogP contribution < -0.4 is 15.4 Å². The SMILES string of the molecule is CCn1cc(Nc2ncc(F)c(OC[C@H]3CC[C@H](NC(C)=O)CC3)n2)cn1. The second kappa shape index (κ2) is 8.79. The fourth-order valence-corrected chi connectivity index (χ4v) is 3.20. The van der Waals surface area contributed by atoms with Crippen LogP contribution in [0.2, 0.25) is 0 Å². The molecule has 2 aromatic heterocycles. The summed E-state index contributed by atoms with van der Waals surface area (Å²) in [5, 5.41) is 10.1. The molecule has 2 N–H and O–H groups in total. The minimum absolute atomic E-state index is 0.00210. The zero-order valence-electron chi connectivity index (χ0n) is 15.6. The van der Waals surface area contributed by atoms with Gasteiger partial charge >= 0.3 is 0 Å². The molecule has 1 fully saturated rings. The summed E-state index contributed by atoms with van der Waals surface area (Å²) in [6.07, 6.45) is 8.26. The van der Waals surface area contributed by atoms with E-state index in [0.29, 0.717) is 12.5 Å². The van der Waals surface area contributed by atoms with E-state index >= 15 is 0 Å². The molecule has 0 atom stereocenters. The lowest BCUT2D eigenvalue weighted by Gasteiger charge is -2.28. The fraction of sp³-hybridized carbons (Fsp3) is 0.556. The van der Waals surface area contributed by atoms with Gasteiger partial charge in [-0.25, -0.2) is 4.98 Å². The number of carbonyl (C=O) groups is 1. The summed E-state index contributed by atoms with van der Waals surface area (Å²) < 4.78 is 21.4. The van der Waals surface area contributed by atoms with Crippen molar-refractivity contribution < 1.29 is 13.9 Å². The van der Waals surface area contributed by atoms with Gasteiger partial charge in [0.25, 0.3) is 5.88 Å². The first-order chi connectivity index (χ1) is 13.0. The highest BCUT2D eigenvalue weighted by molar-refractivity contribution is 5.73. The smallest absolute Gasteiger partial charge is 0.255 e. The molecule has 0 aromatic carbocycles. The Bertz CT molecular complexity index is 773. The van der Waals surface area contributed by atoms with Crippen LogP contribution in [0.1, 0.15) is 39.5 Å². The lowest BCUT2D eigenvalue weighted by atomic mass is 9.86. The monoisotopic (exact) mass is 376 g/mol. The molecule has 2 aromatic rings. The lowest BCUT2D eigenvalue weighted by Crippen LogP contribution is -2.37. The van der Waals surface area contributed by atoms with E-state index in [-0.39, 0.29) is 23.8 Å². The van der Waals surface area contributed by atoms with Gasteiger partial charge in [-0.2, -0.15) is 14.5 Å².